The maximum absolute atomic E-state index is 5.72. The van der Waals surface area contributed by atoms with E-state index in [1.165, 1.54) is 22.5 Å². The highest BCUT2D eigenvalue weighted by atomic mass is 35.5. The fraction of sp³-hybridized carbons (Fsp3) is 0.273. The van der Waals surface area contributed by atoms with Crippen molar-refractivity contribution in [2.45, 2.75) is 18.4 Å². The molecule has 1 heterocycles. The number of rotatable bonds is 4. The number of halogens is 1. The molecule has 0 amide bonds. The fourth-order valence-corrected chi connectivity index (χ4v) is 3.34. The van der Waals surface area contributed by atoms with E-state index in [0.29, 0.717) is 4.47 Å². The predicted molar refractivity (Wildman–Crippen MR) is 71.1 cm³/mol. The van der Waals surface area contributed by atoms with Gasteiger partial charge < -0.3 is 0 Å². The monoisotopic (exact) mass is 270 g/mol. The van der Waals surface area contributed by atoms with Gasteiger partial charge in [0.1, 0.15) is 5.01 Å². The molecule has 0 radical (unpaired) electrons. The molecule has 5 heteroatoms. The molecule has 0 saturated heterocycles. The summed E-state index contributed by atoms with van der Waals surface area (Å²) in [4.78, 5) is 0. The summed E-state index contributed by atoms with van der Waals surface area (Å²) in [6.45, 7) is 2.14. The van der Waals surface area contributed by atoms with Crippen LogP contribution in [-0.2, 0) is 11.5 Å². The van der Waals surface area contributed by atoms with Gasteiger partial charge in [0.2, 0.25) is 4.47 Å². The molecule has 0 unspecified atom stereocenters. The Hall–Kier alpha value is -0.580. The standard InChI is InChI=1S/C11H11ClN2S2/c1-8-4-2-3-5-9(8)6-15-7-10-13-14-11(12)16-10/h2-5H,6-7H2,1H3. The first-order chi connectivity index (χ1) is 7.75. The van der Waals surface area contributed by atoms with Crippen molar-refractivity contribution < 1.29 is 0 Å². The summed E-state index contributed by atoms with van der Waals surface area (Å²) in [5.74, 6) is 1.88. The summed E-state index contributed by atoms with van der Waals surface area (Å²) in [5.41, 5.74) is 2.72. The average molecular weight is 271 g/mol. The Morgan fingerprint density at radius 3 is 2.75 bits per heavy atom. The van der Waals surface area contributed by atoms with Crippen LogP contribution in [0.3, 0.4) is 0 Å². The number of hydrogen-bond acceptors (Lipinski definition) is 4. The van der Waals surface area contributed by atoms with Crippen LogP contribution in [0.5, 0.6) is 0 Å². The van der Waals surface area contributed by atoms with Crippen molar-refractivity contribution in [3.8, 4) is 0 Å². The van der Waals surface area contributed by atoms with Crippen molar-refractivity contribution in [1.82, 2.24) is 10.2 Å². The van der Waals surface area contributed by atoms with Crippen LogP contribution in [0.4, 0.5) is 0 Å². The lowest BCUT2D eigenvalue weighted by Gasteiger charge is -2.03. The van der Waals surface area contributed by atoms with Crippen molar-refractivity contribution in [1.29, 1.82) is 0 Å². The van der Waals surface area contributed by atoms with Crippen molar-refractivity contribution in [2.24, 2.45) is 0 Å². The van der Waals surface area contributed by atoms with Gasteiger partial charge in [-0.3, -0.25) is 0 Å². The largest absolute Gasteiger partial charge is 0.207 e. The second-order valence-electron chi connectivity index (χ2n) is 3.37. The van der Waals surface area contributed by atoms with Gasteiger partial charge >= 0.3 is 0 Å². The quantitative estimate of drug-likeness (QED) is 0.842. The van der Waals surface area contributed by atoms with Gasteiger partial charge in [0, 0.05) is 11.5 Å². The molecule has 0 aliphatic rings. The van der Waals surface area contributed by atoms with Gasteiger partial charge in [-0.15, -0.1) is 22.0 Å². The second kappa shape index (κ2) is 5.66. The van der Waals surface area contributed by atoms with Crippen LogP contribution in [0.25, 0.3) is 0 Å². The van der Waals surface area contributed by atoms with Crippen molar-refractivity contribution in [2.75, 3.05) is 0 Å². The zero-order valence-electron chi connectivity index (χ0n) is 8.81. The molecule has 1 aromatic heterocycles. The summed E-state index contributed by atoms with van der Waals surface area (Å²) in [6.07, 6.45) is 0. The lowest BCUT2D eigenvalue weighted by molar-refractivity contribution is 1.04. The molecule has 16 heavy (non-hydrogen) atoms. The van der Waals surface area contributed by atoms with E-state index in [2.05, 4.69) is 41.4 Å². The van der Waals surface area contributed by atoms with Gasteiger partial charge in [-0.25, -0.2) is 0 Å². The maximum Gasteiger partial charge on any atom is 0.207 e. The van der Waals surface area contributed by atoms with Gasteiger partial charge in [0.15, 0.2) is 0 Å². The number of hydrogen-bond donors (Lipinski definition) is 0. The predicted octanol–water partition coefficient (Wildman–Crippen LogP) is 3.93. The van der Waals surface area contributed by atoms with E-state index >= 15 is 0 Å². The van der Waals surface area contributed by atoms with Gasteiger partial charge in [0.05, 0.1) is 0 Å². The topological polar surface area (TPSA) is 25.8 Å². The first kappa shape index (κ1) is 11.9. The molecule has 1 aromatic carbocycles. The van der Waals surface area contributed by atoms with Gasteiger partial charge in [-0.2, -0.15) is 0 Å². The van der Waals surface area contributed by atoms with Gasteiger partial charge in [-0.05, 0) is 29.7 Å². The van der Waals surface area contributed by atoms with Crippen LogP contribution in [-0.4, -0.2) is 10.2 Å². The third-order valence-electron chi connectivity index (χ3n) is 2.19. The Kier molecular flexibility index (Phi) is 4.21. The van der Waals surface area contributed by atoms with Crippen molar-refractivity contribution >= 4 is 34.7 Å². The zero-order chi connectivity index (χ0) is 11.4. The molecule has 2 rings (SSSR count). The Bertz CT molecular complexity index is 471. The molecule has 0 aliphatic heterocycles. The third-order valence-corrected chi connectivity index (χ3v) is 4.38. The molecule has 0 N–H and O–H groups in total. The SMILES string of the molecule is Cc1ccccc1CSCc1nnc(Cl)s1. The van der Waals surface area contributed by atoms with Gasteiger partial charge in [-0.1, -0.05) is 35.6 Å². The van der Waals surface area contributed by atoms with Crippen LogP contribution in [0.2, 0.25) is 4.47 Å². The maximum atomic E-state index is 5.72. The van der Waals surface area contributed by atoms with E-state index in [1.807, 2.05) is 11.8 Å². The summed E-state index contributed by atoms with van der Waals surface area (Å²) in [6, 6.07) is 8.44. The minimum Gasteiger partial charge on any atom is -0.150 e. The molecule has 2 nitrogen and oxygen atoms in total. The van der Waals surface area contributed by atoms with E-state index in [1.54, 1.807) is 0 Å². The molecule has 0 saturated carbocycles. The van der Waals surface area contributed by atoms with Crippen LogP contribution in [0.1, 0.15) is 16.1 Å². The highest BCUT2D eigenvalue weighted by Gasteiger charge is 2.02. The van der Waals surface area contributed by atoms with Crippen LogP contribution >= 0.6 is 34.7 Å². The molecular weight excluding hydrogens is 260 g/mol. The number of nitrogens with zero attached hydrogens (tertiary/aromatic N) is 2. The molecular formula is C11H11ClN2S2. The average Bonchev–Trinajstić information content (AvgIpc) is 2.67. The summed E-state index contributed by atoms with van der Waals surface area (Å²) in [7, 11) is 0. The number of thioether (sulfide) groups is 1. The Balaban J connectivity index is 1.87. The van der Waals surface area contributed by atoms with E-state index in [-0.39, 0.29) is 0 Å². The number of aromatic nitrogens is 2. The first-order valence-electron chi connectivity index (χ1n) is 4.86. The Morgan fingerprint density at radius 2 is 2.06 bits per heavy atom. The van der Waals surface area contributed by atoms with E-state index in [0.717, 1.165) is 16.5 Å². The van der Waals surface area contributed by atoms with Crippen LogP contribution < -0.4 is 0 Å². The van der Waals surface area contributed by atoms with Crippen molar-refractivity contribution in [3.05, 3.63) is 44.9 Å². The Morgan fingerprint density at radius 1 is 1.25 bits per heavy atom. The third kappa shape index (κ3) is 3.20. The highest BCUT2D eigenvalue weighted by molar-refractivity contribution is 7.97. The smallest absolute Gasteiger partial charge is 0.150 e. The lowest BCUT2D eigenvalue weighted by atomic mass is 10.1. The summed E-state index contributed by atoms with van der Waals surface area (Å²) in [5, 5.41) is 8.76. The minimum absolute atomic E-state index is 0.520. The fourth-order valence-electron chi connectivity index (χ4n) is 1.31. The van der Waals surface area contributed by atoms with Crippen LogP contribution in [0, 0.1) is 6.92 Å². The number of aryl methyl sites for hydroxylation is 1. The number of benzene rings is 1. The molecule has 0 atom stereocenters. The molecule has 0 bridgehead atoms. The van der Waals surface area contributed by atoms with Gasteiger partial charge in [0.25, 0.3) is 0 Å². The minimum atomic E-state index is 0.520. The van der Waals surface area contributed by atoms with E-state index < -0.39 is 0 Å². The summed E-state index contributed by atoms with van der Waals surface area (Å²) < 4.78 is 0.520. The Labute approximate surface area is 108 Å². The molecule has 2 aromatic rings. The molecule has 0 aliphatic carbocycles. The zero-order valence-corrected chi connectivity index (χ0v) is 11.2. The van der Waals surface area contributed by atoms with Crippen molar-refractivity contribution in [3.63, 3.8) is 0 Å². The first-order valence-corrected chi connectivity index (χ1v) is 7.21. The molecule has 0 fully saturated rings. The van der Waals surface area contributed by atoms with E-state index in [9.17, 15) is 0 Å². The highest BCUT2D eigenvalue weighted by Crippen LogP contribution is 2.23. The molecule has 84 valence electrons. The molecule has 0 spiro atoms. The lowest BCUT2D eigenvalue weighted by Crippen LogP contribution is -1.86. The normalized spacial score (nSPS) is 10.6. The summed E-state index contributed by atoms with van der Waals surface area (Å²) >= 11 is 9.00. The van der Waals surface area contributed by atoms with E-state index in [4.69, 9.17) is 11.6 Å². The second-order valence-corrected chi connectivity index (χ2v) is 6.00. The van der Waals surface area contributed by atoms with Crippen LogP contribution in [0.15, 0.2) is 24.3 Å².